The molecule has 2 aromatic heterocycles. The summed E-state index contributed by atoms with van der Waals surface area (Å²) in [6.45, 7) is 0.669. The van der Waals surface area contributed by atoms with Crippen molar-refractivity contribution >= 4 is 23.1 Å². The highest BCUT2D eigenvalue weighted by Gasteiger charge is 2.55. The molecule has 1 aliphatic carbocycles. The number of carbonyl (C=O) groups is 1. The fourth-order valence-corrected chi connectivity index (χ4v) is 4.18. The zero-order valence-corrected chi connectivity index (χ0v) is 19.7. The zero-order valence-electron chi connectivity index (χ0n) is 19.7. The van der Waals surface area contributed by atoms with Gasteiger partial charge >= 0.3 is 12.1 Å². The molecule has 2 fully saturated rings. The number of aliphatic hydroxyl groups excluding tert-OH is 2. The number of nitrogens with one attached hydrogen (secondary N) is 1. The molecule has 192 valence electrons. The number of anilines is 1. The van der Waals surface area contributed by atoms with Gasteiger partial charge in [-0.2, -0.15) is 9.97 Å². The highest BCUT2D eigenvalue weighted by molar-refractivity contribution is 5.84. The van der Waals surface area contributed by atoms with Gasteiger partial charge in [-0.3, -0.25) is 4.57 Å². The number of imidazole rings is 1. The van der Waals surface area contributed by atoms with E-state index in [1.165, 1.54) is 17.8 Å². The van der Waals surface area contributed by atoms with Crippen molar-refractivity contribution in [3.05, 3.63) is 42.2 Å². The number of nitrogens with zero attached hydrogens (tertiary/aromatic N) is 5. The van der Waals surface area contributed by atoms with Crippen LogP contribution in [0.15, 0.2) is 36.7 Å². The zero-order chi connectivity index (χ0) is 25.4. The molecule has 13 heteroatoms. The van der Waals surface area contributed by atoms with E-state index < -0.39 is 36.8 Å². The maximum Gasteiger partial charge on any atom is 0.441 e. The van der Waals surface area contributed by atoms with Gasteiger partial charge in [-0.1, -0.05) is 30.3 Å². The first-order valence-corrected chi connectivity index (χ1v) is 11.5. The topological polar surface area (TPSA) is 144 Å². The Kier molecular flexibility index (Phi) is 6.36. The van der Waals surface area contributed by atoms with Crippen LogP contribution in [-0.4, -0.2) is 73.4 Å². The van der Waals surface area contributed by atoms with Crippen LogP contribution in [0.3, 0.4) is 0 Å². The number of aliphatic hydroxyl groups is 2. The quantitative estimate of drug-likeness (QED) is 0.389. The molecular formula is C23H27FN6O6. The predicted octanol–water partition coefficient (Wildman–Crippen LogP) is 1.62. The smallest absolute Gasteiger partial charge is 0.441 e. The Morgan fingerprint density at radius 1 is 1.33 bits per heavy atom. The summed E-state index contributed by atoms with van der Waals surface area (Å²) >= 11 is 0. The van der Waals surface area contributed by atoms with E-state index in [4.69, 9.17) is 14.3 Å². The van der Waals surface area contributed by atoms with Gasteiger partial charge in [0.15, 0.2) is 28.9 Å². The van der Waals surface area contributed by atoms with Crippen LogP contribution in [0.5, 0.6) is 6.01 Å². The number of amides is 1. The van der Waals surface area contributed by atoms with E-state index in [0.717, 1.165) is 18.4 Å². The monoisotopic (exact) mass is 502 g/mol. The van der Waals surface area contributed by atoms with Crippen LogP contribution in [0.4, 0.5) is 15.0 Å². The van der Waals surface area contributed by atoms with Gasteiger partial charge in [0.1, 0.15) is 18.8 Å². The number of aromatic nitrogens is 4. The number of carbonyl (C=O) groups excluding carboxylic acids is 1. The highest BCUT2D eigenvalue weighted by Crippen LogP contribution is 2.43. The normalized spacial score (nSPS) is 25.6. The van der Waals surface area contributed by atoms with Gasteiger partial charge in [0.05, 0.1) is 12.9 Å². The van der Waals surface area contributed by atoms with Crippen molar-refractivity contribution in [3.8, 4) is 6.01 Å². The fraction of sp³-hybridized carbons (Fsp3) is 0.478. The van der Waals surface area contributed by atoms with Crippen molar-refractivity contribution in [2.45, 2.75) is 56.5 Å². The van der Waals surface area contributed by atoms with E-state index in [1.54, 1.807) is 0 Å². The molecule has 0 bridgehead atoms. The van der Waals surface area contributed by atoms with Crippen LogP contribution in [-0.2, 0) is 16.1 Å². The lowest BCUT2D eigenvalue weighted by Crippen LogP contribution is -2.40. The Labute approximate surface area is 205 Å². The molecule has 5 rings (SSSR count). The molecule has 1 amide bonds. The lowest BCUT2D eigenvalue weighted by Gasteiger charge is -2.25. The molecule has 1 saturated carbocycles. The molecule has 36 heavy (non-hydrogen) atoms. The van der Waals surface area contributed by atoms with Gasteiger partial charge < -0.3 is 29.4 Å². The van der Waals surface area contributed by atoms with Crippen LogP contribution in [0.2, 0.25) is 0 Å². The molecule has 3 heterocycles. The number of ether oxygens (including phenoxy) is 2. The van der Waals surface area contributed by atoms with Crippen LogP contribution in [0.25, 0.3) is 11.2 Å². The molecule has 12 nitrogen and oxygen atoms in total. The minimum absolute atomic E-state index is 0.0425. The maximum atomic E-state index is 15.5. The summed E-state index contributed by atoms with van der Waals surface area (Å²) in [4.78, 5) is 32.5. The number of hydroxylamine groups is 1. The molecule has 4 atom stereocenters. The predicted molar refractivity (Wildman–Crippen MR) is 124 cm³/mol. The molecule has 0 radical (unpaired) electrons. The third-order valence-corrected chi connectivity index (χ3v) is 6.40. The first kappa shape index (κ1) is 24.2. The second-order valence-corrected chi connectivity index (χ2v) is 9.07. The Morgan fingerprint density at radius 2 is 2.08 bits per heavy atom. The second-order valence-electron chi connectivity index (χ2n) is 9.07. The summed E-state index contributed by atoms with van der Waals surface area (Å²) in [5.41, 5.74) is 1.25. The number of benzene rings is 1. The number of fused-ring (bicyclic) bond motifs is 1. The number of hydrogen-bond donors (Lipinski definition) is 3. The summed E-state index contributed by atoms with van der Waals surface area (Å²) in [6, 6.07) is 9.17. The lowest BCUT2D eigenvalue weighted by atomic mass is 9.98. The van der Waals surface area contributed by atoms with Crippen molar-refractivity contribution in [2.75, 3.05) is 18.6 Å². The summed E-state index contributed by atoms with van der Waals surface area (Å²) in [7, 11) is 1.85. The highest BCUT2D eigenvalue weighted by atomic mass is 19.1. The summed E-state index contributed by atoms with van der Waals surface area (Å²) in [5, 5.41) is 19.8. The number of rotatable bonds is 8. The molecule has 0 spiro atoms. The van der Waals surface area contributed by atoms with Gasteiger partial charge in [-0.25, -0.2) is 14.2 Å². The van der Waals surface area contributed by atoms with Gasteiger partial charge in [-0.05, 0) is 25.3 Å². The number of halogens is 1. The van der Waals surface area contributed by atoms with E-state index >= 15 is 4.39 Å². The Bertz CT molecular complexity index is 1240. The van der Waals surface area contributed by atoms with Crippen LogP contribution < -0.4 is 15.2 Å². The summed E-state index contributed by atoms with van der Waals surface area (Å²) in [5.74, 6) is 0.425. The van der Waals surface area contributed by atoms with Gasteiger partial charge in [0, 0.05) is 13.1 Å². The SMILES string of the molecule is CN(c1nc(ONC(=O)OCc2ccccc2)nc2c1ncn2[C@@H]1O[C@H](CO)[C@@H](O)[C@@]1(C)F)C1CC1. The third kappa shape index (κ3) is 4.52. The van der Waals surface area contributed by atoms with Gasteiger partial charge in [0.2, 0.25) is 0 Å². The van der Waals surface area contributed by atoms with Crippen molar-refractivity contribution in [2.24, 2.45) is 0 Å². The summed E-state index contributed by atoms with van der Waals surface area (Å²) in [6.07, 6.45) is -1.56. The van der Waals surface area contributed by atoms with E-state index in [1.807, 2.05) is 42.3 Å². The van der Waals surface area contributed by atoms with Gasteiger partial charge in [0.25, 0.3) is 0 Å². The molecule has 3 aromatic rings. The molecule has 3 N–H and O–H groups in total. The third-order valence-electron chi connectivity index (χ3n) is 6.40. The van der Waals surface area contributed by atoms with Gasteiger partial charge in [-0.15, -0.1) is 5.48 Å². The van der Waals surface area contributed by atoms with Crippen LogP contribution >= 0.6 is 0 Å². The molecular weight excluding hydrogens is 475 g/mol. The minimum atomic E-state index is -2.24. The van der Waals surface area contributed by atoms with E-state index in [9.17, 15) is 15.0 Å². The van der Waals surface area contributed by atoms with Crippen LogP contribution in [0, 0.1) is 0 Å². The van der Waals surface area contributed by atoms with Crippen molar-refractivity contribution in [1.29, 1.82) is 0 Å². The Balaban J connectivity index is 1.41. The van der Waals surface area contributed by atoms with Crippen molar-refractivity contribution < 1.29 is 33.7 Å². The largest absolute Gasteiger partial charge is 0.443 e. The first-order valence-electron chi connectivity index (χ1n) is 11.5. The van der Waals surface area contributed by atoms with E-state index in [2.05, 4.69) is 20.4 Å². The average molecular weight is 503 g/mol. The summed E-state index contributed by atoms with van der Waals surface area (Å²) < 4.78 is 27.5. The number of hydrogen-bond acceptors (Lipinski definition) is 10. The van der Waals surface area contributed by atoms with Crippen LogP contribution in [0.1, 0.15) is 31.6 Å². The lowest BCUT2D eigenvalue weighted by molar-refractivity contribution is -0.0567. The number of alkyl halides is 1. The maximum absolute atomic E-state index is 15.5. The van der Waals surface area contributed by atoms with Crippen molar-refractivity contribution in [1.82, 2.24) is 25.0 Å². The second kappa shape index (κ2) is 9.48. The first-order chi connectivity index (χ1) is 17.3. The minimum Gasteiger partial charge on any atom is -0.443 e. The molecule has 1 aromatic carbocycles. The average Bonchev–Trinajstić information content (AvgIpc) is 3.61. The Morgan fingerprint density at radius 3 is 2.75 bits per heavy atom. The molecule has 0 unspecified atom stereocenters. The van der Waals surface area contributed by atoms with Crippen molar-refractivity contribution in [3.63, 3.8) is 0 Å². The Hall–Kier alpha value is -3.55. The van der Waals surface area contributed by atoms with E-state index in [-0.39, 0.29) is 24.3 Å². The standard InChI is InChI=1S/C23H27FN6O6/c1-23(24)17(32)15(10-31)35-20(23)30-12-25-16-18(29(2)14-8-9-14)26-21(27-19(16)30)36-28-22(33)34-11-13-6-4-3-5-7-13/h3-7,12,14-15,17,20,31-32H,8-11H2,1-2H3,(H,28,33)/t15-,17-,20-,23-/m1/s1. The molecule has 1 saturated heterocycles. The van der Waals surface area contributed by atoms with E-state index in [0.29, 0.717) is 11.3 Å². The fourth-order valence-electron chi connectivity index (χ4n) is 4.18. The molecule has 1 aliphatic heterocycles. The molecule has 2 aliphatic rings.